The van der Waals surface area contributed by atoms with Crippen LogP contribution >= 0.6 is 0 Å². The minimum Gasteiger partial charge on any atom is -0.396 e. The van der Waals surface area contributed by atoms with Crippen LogP contribution in [0.3, 0.4) is 0 Å². The molecule has 1 saturated heterocycles. The number of nitrogens with one attached hydrogen (secondary N) is 1. The van der Waals surface area contributed by atoms with E-state index in [9.17, 15) is 17.2 Å². The standard InChI is InChI=1S/C12H16F2N2O3S/c13-10-1-2-11(14)12(7-10)15-20(18,19)16-5-3-9(8-17)4-6-16/h1-2,7,9,15,17H,3-6,8H2. The number of hydrogen-bond donors (Lipinski definition) is 2. The number of aliphatic hydroxyl groups excluding tert-OH is 1. The summed E-state index contributed by atoms with van der Waals surface area (Å²) in [6, 6.07) is 2.58. The number of hydrogen-bond acceptors (Lipinski definition) is 3. The summed E-state index contributed by atoms with van der Waals surface area (Å²) in [5.74, 6) is -1.46. The monoisotopic (exact) mass is 306 g/mol. The van der Waals surface area contributed by atoms with Crippen LogP contribution in [-0.2, 0) is 10.2 Å². The third-order valence-corrected chi connectivity index (χ3v) is 4.86. The van der Waals surface area contributed by atoms with Gasteiger partial charge >= 0.3 is 10.2 Å². The van der Waals surface area contributed by atoms with Crippen molar-refractivity contribution in [3.63, 3.8) is 0 Å². The van der Waals surface area contributed by atoms with Crippen molar-refractivity contribution in [2.75, 3.05) is 24.4 Å². The number of rotatable bonds is 4. The number of nitrogens with zero attached hydrogens (tertiary/aromatic N) is 1. The maximum Gasteiger partial charge on any atom is 0.301 e. The molecule has 0 aliphatic carbocycles. The molecule has 0 spiro atoms. The molecule has 1 aromatic carbocycles. The van der Waals surface area contributed by atoms with Crippen LogP contribution in [0.15, 0.2) is 18.2 Å². The number of anilines is 1. The first-order valence-electron chi connectivity index (χ1n) is 6.26. The highest BCUT2D eigenvalue weighted by Crippen LogP contribution is 2.22. The number of aliphatic hydroxyl groups is 1. The van der Waals surface area contributed by atoms with Gasteiger partial charge in [0.05, 0.1) is 5.69 Å². The van der Waals surface area contributed by atoms with Gasteiger partial charge in [-0.2, -0.15) is 12.7 Å². The molecule has 0 bridgehead atoms. The molecule has 5 nitrogen and oxygen atoms in total. The maximum atomic E-state index is 13.4. The fraction of sp³-hybridized carbons (Fsp3) is 0.500. The fourth-order valence-electron chi connectivity index (χ4n) is 2.11. The Morgan fingerprint density at radius 1 is 1.30 bits per heavy atom. The molecule has 0 amide bonds. The fourth-order valence-corrected chi connectivity index (χ4v) is 3.37. The molecule has 2 rings (SSSR count). The average Bonchev–Trinajstić information content (AvgIpc) is 2.43. The first-order chi connectivity index (χ1) is 9.42. The Bertz CT molecular complexity index is 572. The molecule has 0 radical (unpaired) electrons. The zero-order chi connectivity index (χ0) is 14.8. The lowest BCUT2D eigenvalue weighted by Crippen LogP contribution is -2.42. The van der Waals surface area contributed by atoms with Crippen molar-refractivity contribution < 1.29 is 22.3 Å². The third-order valence-electron chi connectivity index (χ3n) is 3.34. The molecule has 1 aliphatic heterocycles. The average molecular weight is 306 g/mol. The lowest BCUT2D eigenvalue weighted by molar-refractivity contribution is 0.170. The highest BCUT2D eigenvalue weighted by Gasteiger charge is 2.28. The van der Waals surface area contributed by atoms with E-state index < -0.39 is 27.5 Å². The predicted molar refractivity (Wildman–Crippen MR) is 70.3 cm³/mol. The van der Waals surface area contributed by atoms with Crippen LogP contribution in [0.1, 0.15) is 12.8 Å². The third kappa shape index (κ3) is 3.44. The van der Waals surface area contributed by atoms with E-state index in [4.69, 9.17) is 5.11 Å². The molecule has 0 atom stereocenters. The Labute approximate surface area is 116 Å². The van der Waals surface area contributed by atoms with Gasteiger partial charge < -0.3 is 5.11 Å². The summed E-state index contributed by atoms with van der Waals surface area (Å²) in [6.07, 6.45) is 1.09. The van der Waals surface area contributed by atoms with E-state index in [0.29, 0.717) is 12.8 Å². The topological polar surface area (TPSA) is 69.6 Å². The summed E-state index contributed by atoms with van der Waals surface area (Å²) >= 11 is 0. The van der Waals surface area contributed by atoms with E-state index >= 15 is 0 Å². The first-order valence-corrected chi connectivity index (χ1v) is 7.70. The summed E-state index contributed by atoms with van der Waals surface area (Å²) in [5.41, 5.74) is -0.408. The van der Waals surface area contributed by atoms with Crippen molar-refractivity contribution >= 4 is 15.9 Å². The van der Waals surface area contributed by atoms with Crippen LogP contribution in [0.5, 0.6) is 0 Å². The van der Waals surface area contributed by atoms with Crippen LogP contribution in [0.25, 0.3) is 0 Å². The van der Waals surface area contributed by atoms with Gasteiger partial charge in [-0.25, -0.2) is 8.78 Å². The van der Waals surface area contributed by atoms with Gasteiger partial charge in [0.15, 0.2) is 0 Å². The Morgan fingerprint density at radius 2 is 1.95 bits per heavy atom. The second-order valence-electron chi connectivity index (χ2n) is 4.76. The Kier molecular flexibility index (Phi) is 4.56. The minimum absolute atomic E-state index is 0.0276. The SMILES string of the molecule is O=S(=O)(Nc1cc(F)ccc1F)N1CCC(CO)CC1. The van der Waals surface area contributed by atoms with Crippen molar-refractivity contribution in [1.82, 2.24) is 4.31 Å². The second kappa shape index (κ2) is 6.02. The van der Waals surface area contributed by atoms with E-state index in [1.54, 1.807) is 0 Å². The summed E-state index contributed by atoms with van der Waals surface area (Å²) < 4.78 is 53.8. The zero-order valence-corrected chi connectivity index (χ0v) is 11.5. The zero-order valence-electron chi connectivity index (χ0n) is 10.7. The van der Waals surface area contributed by atoms with Gasteiger partial charge in [0.25, 0.3) is 0 Å². The second-order valence-corrected chi connectivity index (χ2v) is 6.43. The van der Waals surface area contributed by atoms with Crippen LogP contribution < -0.4 is 4.72 Å². The van der Waals surface area contributed by atoms with Crippen LogP contribution in [0, 0.1) is 17.6 Å². The summed E-state index contributed by atoms with van der Waals surface area (Å²) in [6.45, 7) is 0.523. The minimum atomic E-state index is -3.91. The van der Waals surface area contributed by atoms with E-state index in [2.05, 4.69) is 4.72 Å². The quantitative estimate of drug-likeness (QED) is 0.881. The molecule has 0 saturated carbocycles. The number of halogens is 2. The van der Waals surface area contributed by atoms with Gasteiger partial charge in [-0.05, 0) is 30.9 Å². The normalized spacial score (nSPS) is 18.1. The largest absolute Gasteiger partial charge is 0.396 e. The van der Waals surface area contributed by atoms with E-state index in [0.717, 1.165) is 18.2 Å². The summed E-state index contributed by atoms with van der Waals surface area (Å²) in [5, 5.41) is 9.01. The molecule has 20 heavy (non-hydrogen) atoms. The molecular weight excluding hydrogens is 290 g/mol. The van der Waals surface area contributed by atoms with Gasteiger partial charge in [-0.1, -0.05) is 0 Å². The first kappa shape index (κ1) is 15.1. The predicted octanol–water partition coefficient (Wildman–Crippen LogP) is 1.33. The van der Waals surface area contributed by atoms with E-state index in [1.165, 1.54) is 4.31 Å². The Balaban J connectivity index is 2.10. The van der Waals surface area contributed by atoms with Crippen molar-refractivity contribution in [2.24, 2.45) is 5.92 Å². The van der Waals surface area contributed by atoms with Crippen molar-refractivity contribution in [1.29, 1.82) is 0 Å². The Hall–Kier alpha value is -1.25. The van der Waals surface area contributed by atoms with Gasteiger partial charge in [-0.3, -0.25) is 4.72 Å². The molecule has 0 unspecified atom stereocenters. The van der Waals surface area contributed by atoms with Gasteiger partial charge in [0.1, 0.15) is 11.6 Å². The van der Waals surface area contributed by atoms with Crippen molar-refractivity contribution in [3.05, 3.63) is 29.8 Å². The van der Waals surface area contributed by atoms with Crippen LogP contribution in [0.2, 0.25) is 0 Å². The van der Waals surface area contributed by atoms with Crippen molar-refractivity contribution in [3.8, 4) is 0 Å². The summed E-state index contributed by atoms with van der Waals surface area (Å²) in [4.78, 5) is 0. The molecule has 0 aromatic heterocycles. The van der Waals surface area contributed by atoms with Crippen LogP contribution in [-0.4, -0.2) is 37.5 Å². The molecule has 1 aliphatic rings. The molecule has 1 fully saturated rings. The van der Waals surface area contributed by atoms with Crippen LogP contribution in [0.4, 0.5) is 14.5 Å². The number of piperidine rings is 1. The van der Waals surface area contributed by atoms with Crippen molar-refractivity contribution in [2.45, 2.75) is 12.8 Å². The van der Waals surface area contributed by atoms with Gasteiger partial charge in [0, 0.05) is 25.8 Å². The highest BCUT2D eigenvalue weighted by molar-refractivity contribution is 7.90. The van der Waals surface area contributed by atoms with E-state index in [-0.39, 0.29) is 25.6 Å². The van der Waals surface area contributed by atoms with E-state index in [1.807, 2.05) is 0 Å². The molecule has 1 aromatic rings. The maximum absolute atomic E-state index is 13.4. The molecule has 112 valence electrons. The summed E-state index contributed by atoms with van der Waals surface area (Å²) in [7, 11) is -3.91. The van der Waals surface area contributed by atoms with Gasteiger partial charge in [-0.15, -0.1) is 0 Å². The Morgan fingerprint density at radius 3 is 2.55 bits per heavy atom. The molecular formula is C12H16F2N2O3S. The lowest BCUT2D eigenvalue weighted by Gasteiger charge is -2.30. The molecule has 8 heteroatoms. The lowest BCUT2D eigenvalue weighted by atomic mass is 10.00. The molecule has 2 N–H and O–H groups in total. The smallest absolute Gasteiger partial charge is 0.301 e. The highest BCUT2D eigenvalue weighted by atomic mass is 32.2. The molecule has 1 heterocycles. The van der Waals surface area contributed by atoms with Gasteiger partial charge in [0.2, 0.25) is 0 Å². The number of benzene rings is 1.